The summed E-state index contributed by atoms with van der Waals surface area (Å²) in [4.78, 5) is 35.7. The number of para-hydroxylation sites is 1. The Morgan fingerprint density at radius 3 is 2.42 bits per heavy atom. The van der Waals surface area contributed by atoms with Gasteiger partial charge in [0.15, 0.2) is 6.10 Å². The van der Waals surface area contributed by atoms with Gasteiger partial charge in [0.2, 0.25) is 0 Å². The van der Waals surface area contributed by atoms with E-state index in [0.717, 1.165) is 0 Å². The lowest BCUT2D eigenvalue weighted by Gasteiger charge is -2.14. The molecular formula is C19H17N3O4. The Hall–Kier alpha value is -3.66. The van der Waals surface area contributed by atoms with Gasteiger partial charge < -0.3 is 15.4 Å². The SMILES string of the molecule is CC(OC(=O)CNC(=O)c1ccccc1)C(=O)Nc1ccccc1C#N. The molecule has 1 atom stereocenters. The number of carbonyl (C=O) groups excluding carboxylic acids is 3. The van der Waals surface area contributed by atoms with Crippen molar-refractivity contribution >= 4 is 23.5 Å². The molecule has 0 bridgehead atoms. The van der Waals surface area contributed by atoms with Gasteiger partial charge in [0.25, 0.3) is 11.8 Å². The largest absolute Gasteiger partial charge is 0.451 e. The van der Waals surface area contributed by atoms with Crippen LogP contribution in [-0.2, 0) is 14.3 Å². The van der Waals surface area contributed by atoms with Crippen molar-refractivity contribution < 1.29 is 19.1 Å². The number of carbonyl (C=O) groups is 3. The molecule has 2 aromatic carbocycles. The van der Waals surface area contributed by atoms with E-state index in [0.29, 0.717) is 16.8 Å². The number of nitriles is 1. The monoisotopic (exact) mass is 351 g/mol. The Kier molecular flexibility index (Phi) is 6.46. The van der Waals surface area contributed by atoms with E-state index in [-0.39, 0.29) is 6.54 Å². The van der Waals surface area contributed by atoms with Crippen LogP contribution in [0.2, 0.25) is 0 Å². The van der Waals surface area contributed by atoms with E-state index < -0.39 is 23.9 Å². The molecule has 2 aromatic rings. The van der Waals surface area contributed by atoms with Gasteiger partial charge in [0.05, 0.1) is 11.3 Å². The number of nitrogens with one attached hydrogen (secondary N) is 2. The fourth-order valence-electron chi connectivity index (χ4n) is 2.06. The van der Waals surface area contributed by atoms with Crippen LogP contribution in [0.15, 0.2) is 54.6 Å². The number of hydrogen-bond donors (Lipinski definition) is 2. The average molecular weight is 351 g/mol. The van der Waals surface area contributed by atoms with Gasteiger partial charge in [0, 0.05) is 5.56 Å². The highest BCUT2D eigenvalue weighted by atomic mass is 16.5. The zero-order chi connectivity index (χ0) is 18.9. The van der Waals surface area contributed by atoms with Crippen molar-refractivity contribution in [3.05, 3.63) is 65.7 Å². The van der Waals surface area contributed by atoms with Crippen molar-refractivity contribution in [3.63, 3.8) is 0 Å². The number of esters is 1. The lowest BCUT2D eigenvalue weighted by molar-refractivity contribution is -0.152. The van der Waals surface area contributed by atoms with Crippen LogP contribution in [0.1, 0.15) is 22.8 Å². The summed E-state index contributed by atoms with van der Waals surface area (Å²) in [6.45, 7) is 1.04. The number of anilines is 1. The summed E-state index contributed by atoms with van der Waals surface area (Å²) in [5.41, 5.74) is 1.05. The molecule has 26 heavy (non-hydrogen) atoms. The van der Waals surface area contributed by atoms with Crippen molar-refractivity contribution in [3.8, 4) is 6.07 Å². The molecular weight excluding hydrogens is 334 g/mol. The maximum Gasteiger partial charge on any atom is 0.326 e. The summed E-state index contributed by atoms with van der Waals surface area (Å²) < 4.78 is 5.00. The molecule has 2 amide bonds. The van der Waals surface area contributed by atoms with Crippen molar-refractivity contribution in [2.75, 3.05) is 11.9 Å². The van der Waals surface area contributed by atoms with E-state index in [1.165, 1.54) is 6.92 Å². The number of amides is 2. The Morgan fingerprint density at radius 2 is 1.73 bits per heavy atom. The summed E-state index contributed by atoms with van der Waals surface area (Å²) in [7, 11) is 0. The minimum absolute atomic E-state index is 0.300. The lowest BCUT2D eigenvalue weighted by atomic mass is 10.2. The van der Waals surface area contributed by atoms with Crippen molar-refractivity contribution in [2.45, 2.75) is 13.0 Å². The zero-order valence-electron chi connectivity index (χ0n) is 14.1. The molecule has 7 heteroatoms. The molecule has 0 aliphatic rings. The highest BCUT2D eigenvalue weighted by Gasteiger charge is 2.19. The molecule has 0 heterocycles. The molecule has 132 valence electrons. The molecule has 1 unspecified atom stereocenters. The van der Waals surface area contributed by atoms with Crippen LogP contribution in [0, 0.1) is 11.3 Å². The number of benzene rings is 2. The minimum atomic E-state index is -1.08. The zero-order valence-corrected chi connectivity index (χ0v) is 14.1. The smallest absolute Gasteiger partial charge is 0.326 e. The molecule has 7 nitrogen and oxygen atoms in total. The highest BCUT2D eigenvalue weighted by Crippen LogP contribution is 2.14. The lowest BCUT2D eigenvalue weighted by Crippen LogP contribution is -2.35. The summed E-state index contributed by atoms with van der Waals surface area (Å²) in [5.74, 6) is -1.73. The molecule has 0 aliphatic carbocycles. The maximum atomic E-state index is 12.1. The maximum absolute atomic E-state index is 12.1. The molecule has 2 rings (SSSR count). The summed E-state index contributed by atoms with van der Waals surface area (Å²) >= 11 is 0. The van der Waals surface area contributed by atoms with E-state index >= 15 is 0 Å². The van der Waals surface area contributed by atoms with Gasteiger partial charge in [-0.3, -0.25) is 14.4 Å². The summed E-state index contributed by atoms with van der Waals surface area (Å²) in [6.07, 6.45) is -1.08. The van der Waals surface area contributed by atoms with Gasteiger partial charge in [-0.1, -0.05) is 30.3 Å². The first-order valence-corrected chi connectivity index (χ1v) is 7.84. The number of ether oxygens (including phenoxy) is 1. The van der Waals surface area contributed by atoms with Gasteiger partial charge in [0.1, 0.15) is 12.6 Å². The van der Waals surface area contributed by atoms with Crippen molar-refractivity contribution in [1.82, 2.24) is 5.32 Å². The fraction of sp³-hybridized carbons (Fsp3) is 0.158. The predicted octanol–water partition coefficient (Wildman–Crippen LogP) is 1.86. The van der Waals surface area contributed by atoms with E-state index in [9.17, 15) is 14.4 Å². The van der Waals surface area contributed by atoms with Gasteiger partial charge in [-0.25, -0.2) is 0 Å². The first kappa shape index (κ1) is 18.7. The topological polar surface area (TPSA) is 108 Å². The molecule has 0 aliphatic heterocycles. The predicted molar refractivity (Wildman–Crippen MR) is 94.1 cm³/mol. The van der Waals surface area contributed by atoms with Crippen molar-refractivity contribution in [2.24, 2.45) is 0 Å². The second-order valence-corrected chi connectivity index (χ2v) is 5.33. The highest BCUT2D eigenvalue weighted by molar-refractivity contribution is 5.97. The van der Waals surface area contributed by atoms with Crippen LogP contribution in [0.4, 0.5) is 5.69 Å². The average Bonchev–Trinajstić information content (AvgIpc) is 2.67. The molecule has 0 spiro atoms. The number of rotatable bonds is 6. The van der Waals surface area contributed by atoms with Gasteiger partial charge in [-0.15, -0.1) is 0 Å². The molecule has 0 aromatic heterocycles. The van der Waals surface area contributed by atoms with E-state index in [2.05, 4.69) is 10.6 Å². The Morgan fingerprint density at radius 1 is 1.08 bits per heavy atom. The molecule has 0 radical (unpaired) electrons. The molecule has 0 saturated heterocycles. The first-order valence-electron chi connectivity index (χ1n) is 7.84. The number of hydrogen-bond acceptors (Lipinski definition) is 5. The Bertz CT molecular complexity index is 843. The summed E-state index contributed by atoms with van der Waals surface area (Å²) in [5, 5.41) is 14.0. The van der Waals surface area contributed by atoms with Crippen LogP contribution in [-0.4, -0.2) is 30.4 Å². The second kappa shape index (κ2) is 8.99. The third-order valence-electron chi connectivity index (χ3n) is 3.41. The van der Waals surface area contributed by atoms with Gasteiger partial charge in [-0.05, 0) is 31.2 Å². The van der Waals surface area contributed by atoms with Crippen LogP contribution < -0.4 is 10.6 Å². The third-order valence-corrected chi connectivity index (χ3v) is 3.41. The van der Waals surface area contributed by atoms with E-state index in [1.54, 1.807) is 54.6 Å². The van der Waals surface area contributed by atoms with E-state index in [4.69, 9.17) is 10.00 Å². The second-order valence-electron chi connectivity index (χ2n) is 5.33. The fourth-order valence-corrected chi connectivity index (χ4v) is 2.06. The van der Waals surface area contributed by atoms with Gasteiger partial charge in [-0.2, -0.15) is 5.26 Å². The van der Waals surface area contributed by atoms with Gasteiger partial charge >= 0.3 is 5.97 Å². The standard InChI is InChI=1S/C19H17N3O4/c1-13(18(24)22-16-10-6-5-9-15(16)11-20)26-17(23)12-21-19(25)14-7-3-2-4-8-14/h2-10,13H,12H2,1H3,(H,21,25)(H,22,24). The van der Waals surface area contributed by atoms with Crippen LogP contribution in [0.3, 0.4) is 0 Å². The van der Waals surface area contributed by atoms with Crippen LogP contribution >= 0.6 is 0 Å². The number of nitrogens with zero attached hydrogens (tertiary/aromatic N) is 1. The molecule has 2 N–H and O–H groups in total. The molecule has 0 saturated carbocycles. The van der Waals surface area contributed by atoms with E-state index in [1.807, 2.05) is 6.07 Å². The van der Waals surface area contributed by atoms with Crippen LogP contribution in [0.5, 0.6) is 0 Å². The van der Waals surface area contributed by atoms with Crippen LogP contribution in [0.25, 0.3) is 0 Å². The Labute approximate surface area is 150 Å². The third kappa shape index (κ3) is 5.18. The molecule has 0 fully saturated rings. The summed E-state index contributed by atoms with van der Waals surface area (Å²) in [6, 6.07) is 16.9. The first-order chi connectivity index (χ1) is 12.5. The van der Waals surface area contributed by atoms with Crippen molar-refractivity contribution in [1.29, 1.82) is 5.26 Å². The quantitative estimate of drug-likeness (QED) is 0.772. The normalized spacial score (nSPS) is 10.9. The Balaban J connectivity index is 1.83. The minimum Gasteiger partial charge on any atom is -0.451 e.